The van der Waals surface area contributed by atoms with Crippen molar-refractivity contribution in [3.63, 3.8) is 0 Å². The summed E-state index contributed by atoms with van der Waals surface area (Å²) in [5.74, 6) is 0. The van der Waals surface area contributed by atoms with Crippen molar-refractivity contribution < 1.29 is 5.11 Å². The second-order valence-corrected chi connectivity index (χ2v) is 4.89. The summed E-state index contributed by atoms with van der Waals surface area (Å²) < 4.78 is 0. The molecule has 1 aliphatic heterocycles. The topological polar surface area (TPSA) is 23.5 Å². The fourth-order valence-electron chi connectivity index (χ4n) is 2.61. The molecule has 1 aliphatic carbocycles. The Kier molecular flexibility index (Phi) is 2.61. The number of rotatable bonds is 3. The lowest BCUT2D eigenvalue weighted by atomic mass is 9.76. The van der Waals surface area contributed by atoms with Crippen molar-refractivity contribution in [2.24, 2.45) is 0 Å². The van der Waals surface area contributed by atoms with Gasteiger partial charge in [-0.15, -0.1) is 0 Å². The molecule has 1 atom stereocenters. The van der Waals surface area contributed by atoms with Crippen molar-refractivity contribution in [2.45, 2.75) is 56.6 Å². The summed E-state index contributed by atoms with van der Waals surface area (Å²) >= 11 is 0. The van der Waals surface area contributed by atoms with Crippen LogP contribution < -0.4 is 0 Å². The van der Waals surface area contributed by atoms with Crippen LogP contribution in [0.1, 0.15) is 44.9 Å². The van der Waals surface area contributed by atoms with Crippen LogP contribution in [0.25, 0.3) is 0 Å². The Morgan fingerprint density at radius 2 is 2.15 bits per heavy atom. The maximum Gasteiger partial charge on any atom is 0.0648 e. The van der Waals surface area contributed by atoms with Crippen molar-refractivity contribution in [2.75, 3.05) is 13.6 Å². The number of hydrogen-bond donors (Lipinski definition) is 1. The zero-order chi connectivity index (χ0) is 9.31. The van der Waals surface area contributed by atoms with Crippen molar-refractivity contribution >= 4 is 0 Å². The van der Waals surface area contributed by atoms with Crippen LogP contribution in [0.3, 0.4) is 0 Å². The van der Waals surface area contributed by atoms with Gasteiger partial charge in [0.25, 0.3) is 0 Å². The van der Waals surface area contributed by atoms with E-state index >= 15 is 0 Å². The molecule has 2 fully saturated rings. The first-order valence-electron chi connectivity index (χ1n) is 5.62. The maximum absolute atomic E-state index is 9.94. The Labute approximate surface area is 80.9 Å². The minimum absolute atomic E-state index is 0.260. The molecular formula is C11H21NO. The first-order valence-corrected chi connectivity index (χ1v) is 5.62. The lowest BCUT2D eigenvalue weighted by molar-refractivity contribution is -0.0450. The van der Waals surface area contributed by atoms with E-state index in [1.54, 1.807) is 0 Å². The third kappa shape index (κ3) is 2.05. The first-order chi connectivity index (χ1) is 6.20. The molecule has 1 unspecified atom stereocenters. The molecule has 0 aromatic carbocycles. The van der Waals surface area contributed by atoms with Crippen LogP contribution >= 0.6 is 0 Å². The van der Waals surface area contributed by atoms with Gasteiger partial charge in [-0.1, -0.05) is 0 Å². The van der Waals surface area contributed by atoms with Gasteiger partial charge < -0.3 is 10.0 Å². The first kappa shape index (κ1) is 9.47. The van der Waals surface area contributed by atoms with Crippen molar-refractivity contribution in [1.82, 2.24) is 4.90 Å². The summed E-state index contributed by atoms with van der Waals surface area (Å²) in [5.41, 5.74) is -0.260. The zero-order valence-electron chi connectivity index (χ0n) is 8.63. The molecule has 2 aliphatic rings. The average molecular weight is 183 g/mol. The van der Waals surface area contributed by atoms with E-state index in [1.807, 2.05) is 0 Å². The standard InChI is InChI=1S/C11H21NO/c1-12-9-2-4-10(12)5-8-11(13)6-3-7-11/h10,13H,2-9H2,1H3. The Morgan fingerprint density at radius 3 is 2.62 bits per heavy atom. The van der Waals surface area contributed by atoms with Gasteiger partial charge in [0.15, 0.2) is 0 Å². The summed E-state index contributed by atoms with van der Waals surface area (Å²) in [5, 5.41) is 9.94. The zero-order valence-corrected chi connectivity index (χ0v) is 8.63. The van der Waals surface area contributed by atoms with Crippen LogP contribution in [0.4, 0.5) is 0 Å². The van der Waals surface area contributed by atoms with Crippen LogP contribution in [0.5, 0.6) is 0 Å². The molecule has 0 bridgehead atoms. The van der Waals surface area contributed by atoms with Crippen molar-refractivity contribution in [3.8, 4) is 0 Å². The van der Waals surface area contributed by atoms with Crippen LogP contribution in [0.15, 0.2) is 0 Å². The average Bonchev–Trinajstić information content (AvgIpc) is 2.44. The van der Waals surface area contributed by atoms with E-state index in [-0.39, 0.29) is 5.60 Å². The Bertz CT molecular complexity index is 177. The summed E-state index contributed by atoms with van der Waals surface area (Å²) in [6, 6.07) is 0.754. The Morgan fingerprint density at radius 1 is 1.38 bits per heavy atom. The van der Waals surface area contributed by atoms with E-state index in [0.29, 0.717) is 0 Å². The molecule has 2 heteroatoms. The molecule has 1 heterocycles. The summed E-state index contributed by atoms with van der Waals surface area (Å²) in [6.07, 6.45) is 8.24. The van der Waals surface area contributed by atoms with Gasteiger partial charge in [0.05, 0.1) is 5.60 Å². The quantitative estimate of drug-likeness (QED) is 0.721. The molecule has 13 heavy (non-hydrogen) atoms. The van der Waals surface area contributed by atoms with Gasteiger partial charge >= 0.3 is 0 Å². The van der Waals surface area contributed by atoms with Gasteiger partial charge in [-0.2, -0.15) is 0 Å². The molecule has 1 saturated heterocycles. The normalized spacial score (nSPS) is 33.2. The highest BCUT2D eigenvalue weighted by molar-refractivity contribution is 4.89. The third-order valence-electron chi connectivity index (χ3n) is 3.90. The minimum Gasteiger partial charge on any atom is -0.390 e. The highest BCUT2D eigenvalue weighted by Gasteiger charge is 2.35. The van der Waals surface area contributed by atoms with Gasteiger partial charge in [0, 0.05) is 6.04 Å². The molecule has 1 N–H and O–H groups in total. The molecule has 0 spiro atoms. The molecule has 2 rings (SSSR count). The molecule has 0 radical (unpaired) electrons. The number of hydrogen-bond acceptors (Lipinski definition) is 2. The summed E-state index contributed by atoms with van der Waals surface area (Å²) in [6.45, 7) is 1.25. The lowest BCUT2D eigenvalue weighted by Crippen LogP contribution is -2.38. The maximum atomic E-state index is 9.94. The molecule has 2 nitrogen and oxygen atoms in total. The Balaban J connectivity index is 1.72. The minimum atomic E-state index is -0.260. The summed E-state index contributed by atoms with van der Waals surface area (Å²) in [7, 11) is 2.21. The largest absolute Gasteiger partial charge is 0.390 e. The molecule has 0 aromatic heterocycles. The smallest absolute Gasteiger partial charge is 0.0648 e. The SMILES string of the molecule is CN1CCCC1CCC1(O)CCC1. The van der Waals surface area contributed by atoms with Gasteiger partial charge in [-0.05, 0) is 58.5 Å². The molecule has 1 saturated carbocycles. The van der Waals surface area contributed by atoms with E-state index in [0.717, 1.165) is 25.3 Å². The molecule has 0 amide bonds. The van der Waals surface area contributed by atoms with Gasteiger partial charge in [0.1, 0.15) is 0 Å². The van der Waals surface area contributed by atoms with E-state index in [2.05, 4.69) is 11.9 Å². The van der Waals surface area contributed by atoms with Crippen LogP contribution in [0.2, 0.25) is 0 Å². The summed E-state index contributed by atoms with van der Waals surface area (Å²) in [4.78, 5) is 2.45. The van der Waals surface area contributed by atoms with E-state index in [1.165, 1.54) is 32.2 Å². The Hall–Kier alpha value is -0.0800. The molecular weight excluding hydrogens is 162 g/mol. The van der Waals surface area contributed by atoms with Gasteiger partial charge in [0.2, 0.25) is 0 Å². The van der Waals surface area contributed by atoms with E-state index < -0.39 is 0 Å². The van der Waals surface area contributed by atoms with Gasteiger partial charge in [-0.3, -0.25) is 0 Å². The third-order valence-corrected chi connectivity index (χ3v) is 3.90. The monoisotopic (exact) mass is 183 g/mol. The number of aliphatic hydroxyl groups is 1. The van der Waals surface area contributed by atoms with Crippen LogP contribution in [-0.2, 0) is 0 Å². The highest BCUT2D eigenvalue weighted by Crippen LogP contribution is 2.37. The van der Waals surface area contributed by atoms with E-state index in [9.17, 15) is 5.11 Å². The fourth-order valence-corrected chi connectivity index (χ4v) is 2.61. The molecule has 76 valence electrons. The van der Waals surface area contributed by atoms with Crippen LogP contribution in [0, 0.1) is 0 Å². The fraction of sp³-hybridized carbons (Fsp3) is 1.00. The number of nitrogens with zero attached hydrogens (tertiary/aromatic N) is 1. The van der Waals surface area contributed by atoms with Gasteiger partial charge in [-0.25, -0.2) is 0 Å². The van der Waals surface area contributed by atoms with Crippen LogP contribution in [-0.4, -0.2) is 35.2 Å². The number of likely N-dealkylation sites (tertiary alicyclic amines) is 1. The lowest BCUT2D eigenvalue weighted by Gasteiger charge is -2.37. The highest BCUT2D eigenvalue weighted by atomic mass is 16.3. The van der Waals surface area contributed by atoms with Crippen molar-refractivity contribution in [3.05, 3.63) is 0 Å². The second kappa shape index (κ2) is 3.58. The van der Waals surface area contributed by atoms with Crippen molar-refractivity contribution in [1.29, 1.82) is 0 Å². The predicted octanol–water partition coefficient (Wildman–Crippen LogP) is 1.78. The van der Waals surface area contributed by atoms with E-state index in [4.69, 9.17) is 0 Å². The molecule has 0 aromatic rings. The second-order valence-electron chi connectivity index (χ2n) is 4.89. The predicted molar refractivity (Wildman–Crippen MR) is 53.7 cm³/mol.